The molecule has 0 spiro atoms. The molecule has 1 heterocycles. The minimum atomic E-state index is 0.504. The van der Waals surface area contributed by atoms with Crippen molar-refractivity contribution in [1.82, 2.24) is 15.1 Å². The maximum Gasteiger partial charge on any atom is 0.0627 e. The molecular weight excluding hydrogens is 234 g/mol. The summed E-state index contributed by atoms with van der Waals surface area (Å²) in [5, 5.41) is 8.35. The average Bonchev–Trinajstić information content (AvgIpc) is 2.87. The van der Waals surface area contributed by atoms with E-state index in [2.05, 4.69) is 56.9 Å². The largest absolute Gasteiger partial charge is 0.314 e. The standard InChI is InChI=1S/C16H31N3/c1-6-10-17-16(8-3)13(4)12-15-9-11-19(18-15)14(5)7-2/h9,11,13-14,16-17H,6-8,10,12H2,1-5H3. The van der Waals surface area contributed by atoms with Gasteiger partial charge in [-0.1, -0.05) is 27.7 Å². The molecule has 0 bridgehead atoms. The van der Waals surface area contributed by atoms with E-state index >= 15 is 0 Å². The lowest BCUT2D eigenvalue weighted by Gasteiger charge is -2.23. The second kappa shape index (κ2) is 8.36. The maximum absolute atomic E-state index is 4.71. The number of rotatable bonds is 9. The molecule has 0 aliphatic carbocycles. The smallest absolute Gasteiger partial charge is 0.0627 e. The van der Waals surface area contributed by atoms with Gasteiger partial charge in [-0.05, 0) is 51.1 Å². The molecule has 0 aliphatic heterocycles. The molecule has 3 atom stereocenters. The van der Waals surface area contributed by atoms with Crippen molar-refractivity contribution in [2.75, 3.05) is 6.54 Å². The van der Waals surface area contributed by atoms with Crippen LogP contribution in [-0.4, -0.2) is 22.4 Å². The van der Waals surface area contributed by atoms with E-state index < -0.39 is 0 Å². The molecule has 1 rings (SSSR count). The first-order chi connectivity index (χ1) is 9.12. The summed E-state index contributed by atoms with van der Waals surface area (Å²) in [7, 11) is 0. The second-order valence-electron chi connectivity index (χ2n) is 5.69. The quantitative estimate of drug-likeness (QED) is 0.736. The minimum Gasteiger partial charge on any atom is -0.314 e. The highest BCUT2D eigenvalue weighted by Crippen LogP contribution is 2.15. The molecule has 3 unspecified atom stereocenters. The highest BCUT2D eigenvalue weighted by molar-refractivity contribution is 5.01. The molecule has 1 N–H and O–H groups in total. The lowest BCUT2D eigenvalue weighted by molar-refractivity contribution is 0.360. The van der Waals surface area contributed by atoms with Crippen LogP contribution in [0.15, 0.2) is 12.3 Å². The first kappa shape index (κ1) is 16.2. The van der Waals surface area contributed by atoms with Crippen LogP contribution in [0.4, 0.5) is 0 Å². The maximum atomic E-state index is 4.71. The summed E-state index contributed by atoms with van der Waals surface area (Å²) in [4.78, 5) is 0. The summed E-state index contributed by atoms with van der Waals surface area (Å²) in [5.74, 6) is 0.636. The monoisotopic (exact) mass is 265 g/mol. The van der Waals surface area contributed by atoms with Crippen LogP contribution in [0.1, 0.15) is 65.6 Å². The van der Waals surface area contributed by atoms with E-state index in [-0.39, 0.29) is 0 Å². The Kier molecular flexibility index (Phi) is 7.14. The van der Waals surface area contributed by atoms with Crippen LogP contribution in [0.25, 0.3) is 0 Å². The van der Waals surface area contributed by atoms with Crippen LogP contribution in [0.5, 0.6) is 0 Å². The lowest BCUT2D eigenvalue weighted by atomic mass is 9.94. The average molecular weight is 265 g/mol. The van der Waals surface area contributed by atoms with Gasteiger partial charge in [0, 0.05) is 18.3 Å². The lowest BCUT2D eigenvalue weighted by Crippen LogP contribution is -2.35. The summed E-state index contributed by atoms with van der Waals surface area (Å²) in [5.41, 5.74) is 1.23. The van der Waals surface area contributed by atoms with E-state index in [9.17, 15) is 0 Å². The fourth-order valence-electron chi connectivity index (χ4n) is 2.47. The summed E-state index contributed by atoms with van der Waals surface area (Å²) < 4.78 is 2.10. The van der Waals surface area contributed by atoms with Crippen LogP contribution < -0.4 is 5.32 Å². The van der Waals surface area contributed by atoms with Crippen molar-refractivity contribution < 1.29 is 0 Å². The van der Waals surface area contributed by atoms with E-state index in [0.29, 0.717) is 18.0 Å². The highest BCUT2D eigenvalue weighted by Gasteiger charge is 2.16. The Morgan fingerprint density at radius 1 is 1.21 bits per heavy atom. The molecule has 19 heavy (non-hydrogen) atoms. The Balaban J connectivity index is 2.55. The molecule has 1 aromatic rings. The van der Waals surface area contributed by atoms with Gasteiger partial charge < -0.3 is 5.32 Å². The van der Waals surface area contributed by atoms with Crippen molar-refractivity contribution in [3.8, 4) is 0 Å². The summed E-state index contributed by atoms with van der Waals surface area (Å²) >= 11 is 0. The van der Waals surface area contributed by atoms with Gasteiger partial charge in [-0.2, -0.15) is 5.10 Å². The van der Waals surface area contributed by atoms with Crippen LogP contribution in [0.3, 0.4) is 0 Å². The molecule has 0 saturated heterocycles. The first-order valence-corrected chi connectivity index (χ1v) is 7.89. The third kappa shape index (κ3) is 4.98. The molecule has 0 aromatic carbocycles. The topological polar surface area (TPSA) is 29.9 Å². The molecule has 110 valence electrons. The molecule has 0 saturated carbocycles. The molecule has 3 nitrogen and oxygen atoms in total. The van der Waals surface area contributed by atoms with Gasteiger partial charge in [0.15, 0.2) is 0 Å². The van der Waals surface area contributed by atoms with Crippen molar-refractivity contribution in [3.05, 3.63) is 18.0 Å². The SMILES string of the molecule is CCCNC(CC)C(C)Cc1ccn(C(C)CC)n1. The summed E-state index contributed by atoms with van der Waals surface area (Å²) in [6.45, 7) is 12.4. The number of nitrogens with one attached hydrogen (secondary N) is 1. The third-order valence-electron chi connectivity index (χ3n) is 4.02. The van der Waals surface area contributed by atoms with Gasteiger partial charge in [-0.15, -0.1) is 0 Å². The van der Waals surface area contributed by atoms with E-state index in [4.69, 9.17) is 5.10 Å². The Morgan fingerprint density at radius 3 is 2.53 bits per heavy atom. The minimum absolute atomic E-state index is 0.504. The van der Waals surface area contributed by atoms with Gasteiger partial charge in [0.25, 0.3) is 0 Å². The Bertz CT molecular complexity index is 346. The zero-order valence-electron chi connectivity index (χ0n) is 13.3. The molecule has 0 fully saturated rings. The highest BCUT2D eigenvalue weighted by atomic mass is 15.3. The zero-order valence-corrected chi connectivity index (χ0v) is 13.3. The fourth-order valence-corrected chi connectivity index (χ4v) is 2.47. The predicted molar refractivity (Wildman–Crippen MR) is 82.5 cm³/mol. The van der Waals surface area contributed by atoms with Gasteiger partial charge >= 0.3 is 0 Å². The van der Waals surface area contributed by atoms with Crippen molar-refractivity contribution in [1.29, 1.82) is 0 Å². The van der Waals surface area contributed by atoms with Crippen molar-refractivity contribution in [2.45, 2.75) is 72.4 Å². The van der Waals surface area contributed by atoms with Crippen LogP contribution >= 0.6 is 0 Å². The van der Waals surface area contributed by atoms with Crippen LogP contribution in [0, 0.1) is 5.92 Å². The second-order valence-corrected chi connectivity index (χ2v) is 5.69. The normalized spacial score (nSPS) is 16.3. The van der Waals surface area contributed by atoms with E-state index in [1.807, 2.05) is 0 Å². The number of nitrogens with zero attached hydrogens (tertiary/aromatic N) is 2. The van der Waals surface area contributed by atoms with Gasteiger partial charge in [-0.25, -0.2) is 0 Å². The van der Waals surface area contributed by atoms with E-state index in [1.165, 1.54) is 18.5 Å². The molecule has 0 radical (unpaired) electrons. The van der Waals surface area contributed by atoms with Gasteiger partial charge in [0.2, 0.25) is 0 Å². The molecule has 3 heteroatoms. The Hall–Kier alpha value is -0.830. The van der Waals surface area contributed by atoms with Crippen molar-refractivity contribution in [3.63, 3.8) is 0 Å². The number of aromatic nitrogens is 2. The van der Waals surface area contributed by atoms with Crippen molar-refractivity contribution >= 4 is 0 Å². The Labute approximate surface area is 118 Å². The number of hydrogen-bond donors (Lipinski definition) is 1. The van der Waals surface area contributed by atoms with Gasteiger partial charge in [0.05, 0.1) is 5.69 Å². The van der Waals surface area contributed by atoms with Crippen LogP contribution in [-0.2, 0) is 6.42 Å². The molecular formula is C16H31N3. The summed E-state index contributed by atoms with van der Waals surface area (Å²) in [6, 6.07) is 3.29. The van der Waals surface area contributed by atoms with Gasteiger partial charge in [-0.3, -0.25) is 4.68 Å². The first-order valence-electron chi connectivity index (χ1n) is 7.89. The van der Waals surface area contributed by atoms with Gasteiger partial charge in [0.1, 0.15) is 0 Å². The predicted octanol–water partition coefficient (Wildman–Crippen LogP) is 3.81. The van der Waals surface area contributed by atoms with E-state index in [1.54, 1.807) is 0 Å². The van der Waals surface area contributed by atoms with E-state index in [0.717, 1.165) is 19.4 Å². The van der Waals surface area contributed by atoms with Crippen molar-refractivity contribution in [2.24, 2.45) is 5.92 Å². The molecule has 0 amide bonds. The summed E-state index contributed by atoms with van der Waals surface area (Å²) in [6.07, 6.45) is 6.71. The fraction of sp³-hybridized carbons (Fsp3) is 0.812. The Morgan fingerprint density at radius 2 is 1.95 bits per heavy atom. The molecule has 0 aliphatic rings. The van der Waals surface area contributed by atoms with Crippen LogP contribution in [0.2, 0.25) is 0 Å². The third-order valence-corrected chi connectivity index (χ3v) is 4.02. The molecule has 1 aromatic heterocycles. The number of hydrogen-bond acceptors (Lipinski definition) is 2. The zero-order chi connectivity index (χ0) is 14.3.